The first-order valence-electron chi connectivity index (χ1n) is 13.2. The number of piperidine rings is 1. The molecule has 198 valence electrons. The van der Waals surface area contributed by atoms with E-state index in [2.05, 4.69) is 38.1 Å². The zero-order valence-electron chi connectivity index (χ0n) is 21.2. The van der Waals surface area contributed by atoms with Crippen LogP contribution in [0.2, 0.25) is 0 Å². The molecule has 0 saturated carbocycles. The van der Waals surface area contributed by atoms with E-state index in [4.69, 9.17) is 5.73 Å². The van der Waals surface area contributed by atoms with Crippen LogP contribution in [0.25, 0.3) is 0 Å². The quantitative estimate of drug-likeness (QED) is 0.363. The van der Waals surface area contributed by atoms with E-state index in [1.54, 1.807) is 4.90 Å². The Bertz CT molecular complexity index is 1060. The van der Waals surface area contributed by atoms with Gasteiger partial charge in [0, 0.05) is 44.5 Å². The van der Waals surface area contributed by atoms with Gasteiger partial charge in [-0.05, 0) is 62.1 Å². The lowest BCUT2D eigenvalue weighted by Crippen LogP contribution is -2.44. The standard InChI is InChI=1S/C27H37N7O3/c28-11-5-1-2-8-23(35)31-18-19-9-14-34(15-10-19)27(37)33-25-24(29-12-13-30-25)26(36)32-22-16-20-6-3-4-7-21(20)17-22/h3-4,6-7,12-13,19,22H,1-2,5,8-11,14-18,28H2,(H,31,35)(H,32,36)(H,30,33,37). The molecule has 10 heteroatoms. The van der Waals surface area contributed by atoms with Crippen molar-refractivity contribution in [2.75, 3.05) is 31.5 Å². The van der Waals surface area contributed by atoms with Crippen LogP contribution in [0, 0.1) is 5.92 Å². The van der Waals surface area contributed by atoms with E-state index >= 15 is 0 Å². The number of likely N-dealkylation sites (tertiary alicyclic amines) is 1. The zero-order valence-corrected chi connectivity index (χ0v) is 21.2. The lowest BCUT2D eigenvalue weighted by molar-refractivity contribution is -0.121. The highest BCUT2D eigenvalue weighted by molar-refractivity contribution is 6.00. The number of rotatable bonds is 10. The molecule has 4 rings (SSSR count). The molecule has 37 heavy (non-hydrogen) atoms. The first-order chi connectivity index (χ1) is 18.0. The minimum atomic E-state index is -0.348. The largest absolute Gasteiger partial charge is 0.356 e. The van der Waals surface area contributed by atoms with Crippen LogP contribution in [0.15, 0.2) is 36.7 Å². The number of fused-ring (bicyclic) bond motifs is 1. The molecule has 2 aromatic rings. The maximum Gasteiger partial charge on any atom is 0.323 e. The average Bonchev–Trinajstić information content (AvgIpc) is 3.33. The third kappa shape index (κ3) is 7.48. The highest BCUT2D eigenvalue weighted by Gasteiger charge is 2.27. The summed E-state index contributed by atoms with van der Waals surface area (Å²) < 4.78 is 0. The summed E-state index contributed by atoms with van der Waals surface area (Å²) in [4.78, 5) is 48.0. The lowest BCUT2D eigenvalue weighted by Gasteiger charge is -2.32. The number of nitrogens with one attached hydrogen (secondary N) is 3. The van der Waals surface area contributed by atoms with Gasteiger partial charge in [0.25, 0.3) is 5.91 Å². The van der Waals surface area contributed by atoms with Crippen LogP contribution in [0.3, 0.4) is 0 Å². The fourth-order valence-corrected chi connectivity index (χ4v) is 4.98. The van der Waals surface area contributed by atoms with E-state index in [0.29, 0.717) is 38.5 Å². The normalized spacial score (nSPS) is 15.8. The maximum absolute atomic E-state index is 13.0. The number of anilines is 1. The summed E-state index contributed by atoms with van der Waals surface area (Å²) in [5.41, 5.74) is 8.07. The van der Waals surface area contributed by atoms with Gasteiger partial charge >= 0.3 is 6.03 Å². The number of unbranched alkanes of at least 4 members (excludes halogenated alkanes) is 2. The second-order valence-corrected chi connectivity index (χ2v) is 9.86. The summed E-state index contributed by atoms with van der Waals surface area (Å²) in [6, 6.07) is 7.86. The Morgan fingerprint density at radius 3 is 2.38 bits per heavy atom. The molecular formula is C27H37N7O3. The molecule has 1 saturated heterocycles. The summed E-state index contributed by atoms with van der Waals surface area (Å²) >= 11 is 0. The molecule has 1 aromatic carbocycles. The number of carbonyl (C=O) groups is 3. The molecule has 0 bridgehead atoms. The first kappa shape index (κ1) is 26.5. The Kier molecular flexibility index (Phi) is 9.42. The van der Waals surface area contributed by atoms with Crippen LogP contribution >= 0.6 is 0 Å². The SMILES string of the molecule is NCCCCCC(=O)NCC1CCN(C(=O)Nc2nccnc2C(=O)NC2Cc3ccccc3C2)CC1. The van der Waals surface area contributed by atoms with Gasteiger partial charge < -0.3 is 21.3 Å². The van der Waals surface area contributed by atoms with Crippen molar-refractivity contribution in [1.82, 2.24) is 25.5 Å². The van der Waals surface area contributed by atoms with Crippen molar-refractivity contribution in [3.8, 4) is 0 Å². The van der Waals surface area contributed by atoms with Gasteiger partial charge in [0.2, 0.25) is 5.91 Å². The molecule has 2 aliphatic rings. The fourth-order valence-electron chi connectivity index (χ4n) is 4.98. The predicted octanol–water partition coefficient (Wildman–Crippen LogP) is 2.25. The highest BCUT2D eigenvalue weighted by atomic mass is 16.2. The molecule has 1 aliphatic heterocycles. The fraction of sp³-hybridized carbons (Fsp3) is 0.519. The molecule has 0 atom stereocenters. The van der Waals surface area contributed by atoms with Crippen LogP contribution in [0.5, 0.6) is 0 Å². The summed E-state index contributed by atoms with van der Waals surface area (Å²) in [7, 11) is 0. The van der Waals surface area contributed by atoms with Crippen molar-refractivity contribution < 1.29 is 14.4 Å². The van der Waals surface area contributed by atoms with Crippen molar-refractivity contribution in [2.45, 2.75) is 57.4 Å². The van der Waals surface area contributed by atoms with Gasteiger partial charge in [-0.15, -0.1) is 0 Å². The number of hydrogen-bond acceptors (Lipinski definition) is 6. The van der Waals surface area contributed by atoms with Crippen LogP contribution < -0.4 is 21.7 Å². The number of nitrogens with zero attached hydrogens (tertiary/aromatic N) is 3. The molecule has 0 radical (unpaired) electrons. The summed E-state index contributed by atoms with van der Waals surface area (Å²) in [5, 5.41) is 8.83. The van der Waals surface area contributed by atoms with Crippen molar-refractivity contribution in [3.63, 3.8) is 0 Å². The molecule has 1 aromatic heterocycles. The van der Waals surface area contributed by atoms with Gasteiger partial charge in [-0.3, -0.25) is 14.9 Å². The lowest BCUT2D eigenvalue weighted by atomic mass is 9.97. The van der Waals surface area contributed by atoms with Gasteiger partial charge in [0.1, 0.15) is 0 Å². The van der Waals surface area contributed by atoms with E-state index in [0.717, 1.165) is 44.9 Å². The summed E-state index contributed by atoms with van der Waals surface area (Å²) in [5.74, 6) is 0.223. The maximum atomic E-state index is 13.0. The molecule has 4 amide bonds. The van der Waals surface area contributed by atoms with Crippen LogP contribution in [-0.4, -0.2) is 64.9 Å². The monoisotopic (exact) mass is 507 g/mol. The minimum absolute atomic E-state index is 0.0130. The number of aromatic nitrogens is 2. The van der Waals surface area contributed by atoms with Gasteiger partial charge in [-0.1, -0.05) is 30.7 Å². The van der Waals surface area contributed by atoms with Crippen molar-refractivity contribution >= 4 is 23.7 Å². The van der Waals surface area contributed by atoms with E-state index in [1.165, 1.54) is 23.5 Å². The Hall–Kier alpha value is -3.53. The zero-order chi connectivity index (χ0) is 26.0. The number of amides is 4. The smallest absolute Gasteiger partial charge is 0.323 e. The Morgan fingerprint density at radius 2 is 1.68 bits per heavy atom. The number of benzene rings is 1. The number of hydrogen-bond donors (Lipinski definition) is 4. The average molecular weight is 508 g/mol. The summed E-state index contributed by atoms with van der Waals surface area (Å²) in [6.07, 6.45) is 9.37. The number of nitrogens with two attached hydrogens (primary N) is 1. The number of urea groups is 1. The Labute approximate surface area is 217 Å². The molecule has 10 nitrogen and oxygen atoms in total. The molecule has 5 N–H and O–H groups in total. The van der Waals surface area contributed by atoms with E-state index in [-0.39, 0.29) is 35.4 Å². The topological polar surface area (TPSA) is 142 Å². The predicted molar refractivity (Wildman–Crippen MR) is 141 cm³/mol. The first-order valence-corrected chi connectivity index (χ1v) is 13.2. The van der Waals surface area contributed by atoms with E-state index < -0.39 is 0 Å². The number of carbonyl (C=O) groups excluding carboxylic acids is 3. The van der Waals surface area contributed by atoms with Crippen molar-refractivity contribution in [2.24, 2.45) is 11.7 Å². The van der Waals surface area contributed by atoms with E-state index in [9.17, 15) is 14.4 Å². The van der Waals surface area contributed by atoms with Crippen molar-refractivity contribution in [1.29, 1.82) is 0 Å². The Morgan fingerprint density at radius 1 is 0.973 bits per heavy atom. The van der Waals surface area contributed by atoms with Gasteiger partial charge in [0.15, 0.2) is 11.5 Å². The second-order valence-electron chi connectivity index (χ2n) is 9.86. The van der Waals surface area contributed by atoms with Crippen molar-refractivity contribution in [3.05, 3.63) is 53.5 Å². The van der Waals surface area contributed by atoms with Gasteiger partial charge in [-0.25, -0.2) is 14.8 Å². The van der Waals surface area contributed by atoms with E-state index in [1.807, 2.05) is 12.1 Å². The third-order valence-corrected chi connectivity index (χ3v) is 7.12. The molecule has 0 unspecified atom stereocenters. The highest BCUT2D eigenvalue weighted by Crippen LogP contribution is 2.22. The third-order valence-electron chi connectivity index (χ3n) is 7.12. The molecule has 1 aliphatic carbocycles. The molecule has 0 spiro atoms. The van der Waals surface area contributed by atoms with Crippen LogP contribution in [0.1, 0.15) is 60.1 Å². The van der Waals surface area contributed by atoms with Crippen LogP contribution in [-0.2, 0) is 17.6 Å². The minimum Gasteiger partial charge on any atom is -0.356 e. The van der Waals surface area contributed by atoms with Gasteiger partial charge in [-0.2, -0.15) is 0 Å². The molecule has 1 fully saturated rings. The van der Waals surface area contributed by atoms with Gasteiger partial charge in [0.05, 0.1) is 0 Å². The molecular weight excluding hydrogens is 470 g/mol. The van der Waals surface area contributed by atoms with Crippen LogP contribution in [0.4, 0.5) is 10.6 Å². The molecule has 2 heterocycles. The second kappa shape index (κ2) is 13.1. The summed E-state index contributed by atoms with van der Waals surface area (Å²) in [6.45, 7) is 2.44. The Balaban J connectivity index is 1.22.